The van der Waals surface area contributed by atoms with E-state index in [2.05, 4.69) is 26.3 Å². The molecule has 3 N–H and O–H groups in total. The molecule has 3 aromatic carbocycles. The van der Waals surface area contributed by atoms with Crippen molar-refractivity contribution in [3.05, 3.63) is 88.9 Å². The Morgan fingerprint density at radius 1 is 1.05 bits per heavy atom. The quantitative estimate of drug-likeness (QED) is 0.143. The molecule has 1 amide bonds. The number of rotatable bonds is 11. The van der Waals surface area contributed by atoms with Gasteiger partial charge in [-0.15, -0.1) is 0 Å². The normalized spacial score (nSPS) is 12.7. The van der Waals surface area contributed by atoms with Crippen LogP contribution in [0.1, 0.15) is 25.8 Å². The maximum Gasteiger partial charge on any atom is 0.475 e. The molecule has 44 heavy (non-hydrogen) atoms. The SMILES string of the molecule is CC(C)CC(NC(=O)Cn1nc(-c2ccccc2OS(=O)(=O)c2cccc(C(F)(F)F)c2)cc1-c1ccc(Br)cc1)B(O)O. The zero-order chi connectivity index (χ0) is 32.2. The Labute approximate surface area is 261 Å². The molecule has 0 radical (unpaired) electrons. The van der Waals surface area contributed by atoms with E-state index >= 15 is 0 Å². The fraction of sp³-hybridized carbons (Fsp3) is 0.241. The minimum absolute atomic E-state index is 0.0699. The Morgan fingerprint density at radius 2 is 1.73 bits per heavy atom. The first kappa shape index (κ1) is 33.2. The third kappa shape index (κ3) is 8.28. The number of carbonyl (C=O) groups excluding carboxylic acids is 1. The van der Waals surface area contributed by atoms with Crippen LogP contribution in [0.5, 0.6) is 5.75 Å². The van der Waals surface area contributed by atoms with E-state index in [4.69, 9.17) is 4.18 Å². The van der Waals surface area contributed by atoms with Gasteiger partial charge in [-0.1, -0.05) is 60.1 Å². The molecule has 4 rings (SSSR count). The van der Waals surface area contributed by atoms with Crippen LogP contribution in [0.15, 0.2) is 88.2 Å². The summed E-state index contributed by atoms with van der Waals surface area (Å²) in [4.78, 5) is 12.3. The fourth-order valence-electron chi connectivity index (χ4n) is 4.42. The first-order valence-corrected chi connectivity index (χ1v) is 15.5. The third-order valence-corrected chi connectivity index (χ3v) is 8.22. The van der Waals surface area contributed by atoms with Crippen molar-refractivity contribution in [2.24, 2.45) is 5.92 Å². The maximum absolute atomic E-state index is 13.2. The Hall–Kier alpha value is -3.66. The molecular weight excluding hydrogens is 666 g/mol. The predicted molar refractivity (Wildman–Crippen MR) is 162 cm³/mol. The molecule has 0 spiro atoms. The molecule has 1 atom stereocenters. The lowest BCUT2D eigenvalue weighted by atomic mass is 9.75. The average molecular weight is 694 g/mol. The number of alkyl halides is 3. The van der Waals surface area contributed by atoms with Crippen LogP contribution in [0, 0.1) is 5.92 Å². The van der Waals surface area contributed by atoms with Gasteiger partial charge in [-0.3, -0.25) is 9.48 Å². The minimum atomic E-state index is -4.75. The molecule has 1 aromatic heterocycles. The molecule has 0 saturated carbocycles. The molecule has 15 heteroatoms. The number of hydrogen-bond acceptors (Lipinski definition) is 7. The van der Waals surface area contributed by atoms with E-state index in [1.165, 1.54) is 22.9 Å². The van der Waals surface area contributed by atoms with Crippen molar-refractivity contribution in [1.29, 1.82) is 0 Å². The van der Waals surface area contributed by atoms with Gasteiger partial charge in [-0.05, 0) is 66.4 Å². The molecule has 0 aliphatic rings. The molecule has 1 unspecified atom stereocenters. The van der Waals surface area contributed by atoms with Gasteiger partial charge in [0.05, 0.1) is 22.9 Å². The Kier molecular flexibility index (Phi) is 10.2. The molecule has 9 nitrogen and oxygen atoms in total. The highest BCUT2D eigenvalue weighted by Gasteiger charge is 2.32. The summed E-state index contributed by atoms with van der Waals surface area (Å²) in [5.41, 5.74) is 0.408. The van der Waals surface area contributed by atoms with Gasteiger partial charge in [0.15, 0.2) is 5.75 Å². The highest BCUT2D eigenvalue weighted by Crippen LogP contribution is 2.35. The van der Waals surface area contributed by atoms with Crippen LogP contribution >= 0.6 is 15.9 Å². The highest BCUT2D eigenvalue weighted by molar-refractivity contribution is 9.10. The van der Waals surface area contributed by atoms with Crippen molar-refractivity contribution >= 4 is 39.1 Å². The van der Waals surface area contributed by atoms with Crippen LogP contribution < -0.4 is 9.50 Å². The Balaban J connectivity index is 1.71. The monoisotopic (exact) mass is 693 g/mol. The van der Waals surface area contributed by atoms with E-state index in [0.29, 0.717) is 23.7 Å². The molecule has 0 aliphatic heterocycles. The molecule has 0 bridgehead atoms. The zero-order valence-electron chi connectivity index (χ0n) is 23.5. The highest BCUT2D eigenvalue weighted by atomic mass is 79.9. The summed E-state index contributed by atoms with van der Waals surface area (Å²) in [6.45, 7) is 3.43. The fourth-order valence-corrected chi connectivity index (χ4v) is 5.68. The number of halogens is 4. The second-order valence-corrected chi connectivity index (χ2v) is 12.8. The largest absolute Gasteiger partial charge is 0.475 e. The van der Waals surface area contributed by atoms with Gasteiger partial charge in [0.1, 0.15) is 11.4 Å². The summed E-state index contributed by atoms with van der Waals surface area (Å²) in [6.07, 6.45) is -4.44. The van der Waals surface area contributed by atoms with E-state index < -0.39 is 45.7 Å². The van der Waals surface area contributed by atoms with Crippen molar-refractivity contribution in [2.75, 3.05) is 0 Å². The second-order valence-electron chi connectivity index (χ2n) is 10.4. The van der Waals surface area contributed by atoms with Gasteiger partial charge in [-0.25, -0.2) is 0 Å². The van der Waals surface area contributed by atoms with Gasteiger partial charge in [-0.2, -0.15) is 26.7 Å². The van der Waals surface area contributed by atoms with Crippen molar-refractivity contribution in [3.63, 3.8) is 0 Å². The Bertz CT molecular complexity index is 1730. The third-order valence-electron chi connectivity index (χ3n) is 6.46. The van der Waals surface area contributed by atoms with E-state index in [0.717, 1.165) is 22.7 Å². The summed E-state index contributed by atoms with van der Waals surface area (Å²) in [5, 5.41) is 26.6. The lowest BCUT2D eigenvalue weighted by molar-refractivity contribution is -0.137. The summed E-state index contributed by atoms with van der Waals surface area (Å²) < 4.78 is 73.3. The molecule has 232 valence electrons. The van der Waals surface area contributed by atoms with Crippen molar-refractivity contribution in [3.8, 4) is 28.3 Å². The number of nitrogens with one attached hydrogen (secondary N) is 1. The van der Waals surface area contributed by atoms with Crippen molar-refractivity contribution < 1.29 is 40.6 Å². The summed E-state index contributed by atoms with van der Waals surface area (Å²) in [5.74, 6) is -1.58. The first-order chi connectivity index (χ1) is 20.6. The van der Waals surface area contributed by atoms with Crippen molar-refractivity contribution in [2.45, 2.75) is 43.8 Å². The van der Waals surface area contributed by atoms with Gasteiger partial charge < -0.3 is 19.5 Å². The molecule has 4 aromatic rings. The number of amides is 1. The Morgan fingerprint density at radius 3 is 2.36 bits per heavy atom. The molecule has 0 saturated heterocycles. The second kappa shape index (κ2) is 13.5. The van der Waals surface area contributed by atoms with E-state index in [1.807, 2.05) is 13.8 Å². The zero-order valence-corrected chi connectivity index (χ0v) is 25.9. The van der Waals surface area contributed by atoms with Crippen LogP contribution in [0.25, 0.3) is 22.5 Å². The van der Waals surface area contributed by atoms with E-state index in [9.17, 15) is 36.4 Å². The lowest BCUT2D eigenvalue weighted by Crippen LogP contribution is -2.48. The van der Waals surface area contributed by atoms with Crippen LogP contribution in [-0.4, -0.2) is 47.2 Å². The number of para-hydroxylation sites is 1. The number of carbonyl (C=O) groups is 1. The molecule has 0 fully saturated rings. The van der Waals surface area contributed by atoms with Crippen LogP contribution in [0.2, 0.25) is 0 Å². The van der Waals surface area contributed by atoms with Gasteiger partial charge in [0.25, 0.3) is 0 Å². The van der Waals surface area contributed by atoms with Crippen LogP contribution in [0.3, 0.4) is 0 Å². The molecular formula is C29H28BBrF3N3O6S. The smallest absolute Gasteiger partial charge is 0.426 e. The first-order valence-electron chi connectivity index (χ1n) is 13.3. The van der Waals surface area contributed by atoms with Crippen LogP contribution in [-0.2, 0) is 27.6 Å². The number of nitrogens with zero attached hydrogens (tertiary/aromatic N) is 2. The number of hydrogen-bond donors (Lipinski definition) is 3. The molecule has 0 aliphatic carbocycles. The predicted octanol–water partition coefficient (Wildman–Crippen LogP) is 5.31. The van der Waals surface area contributed by atoms with Gasteiger partial charge >= 0.3 is 23.4 Å². The number of benzene rings is 3. The van der Waals surface area contributed by atoms with Gasteiger partial charge in [0.2, 0.25) is 5.91 Å². The van der Waals surface area contributed by atoms with E-state index in [-0.39, 0.29) is 29.5 Å². The average Bonchev–Trinajstić information content (AvgIpc) is 3.35. The minimum Gasteiger partial charge on any atom is -0.426 e. The maximum atomic E-state index is 13.2. The van der Waals surface area contributed by atoms with E-state index in [1.54, 1.807) is 36.4 Å². The standard InChI is InChI=1S/C29H28BBrF3N3O6S/c1-18(2)14-27(30(39)40)35-28(38)17-37-25(19-10-12-21(31)13-11-19)16-24(36-37)23-8-3-4-9-26(23)43-44(41,42)22-7-5-6-20(15-22)29(32,33)34/h3-13,15-16,18,27,39-40H,14,17H2,1-2H3,(H,35,38). The van der Waals surface area contributed by atoms with Crippen LogP contribution in [0.4, 0.5) is 13.2 Å². The van der Waals surface area contributed by atoms with Gasteiger partial charge in [0, 0.05) is 10.0 Å². The lowest BCUT2D eigenvalue weighted by Gasteiger charge is -2.20. The topological polar surface area (TPSA) is 131 Å². The summed E-state index contributed by atoms with van der Waals surface area (Å²) in [6, 6.07) is 17.9. The summed E-state index contributed by atoms with van der Waals surface area (Å²) >= 11 is 3.38. The number of aromatic nitrogens is 2. The summed E-state index contributed by atoms with van der Waals surface area (Å²) in [7, 11) is -6.46. The van der Waals surface area contributed by atoms with Crippen molar-refractivity contribution in [1.82, 2.24) is 15.1 Å². The molecule has 1 heterocycles.